The van der Waals surface area contributed by atoms with Crippen molar-refractivity contribution in [2.24, 2.45) is 4.99 Å². The van der Waals surface area contributed by atoms with Crippen LogP contribution in [-0.4, -0.2) is 18.8 Å². The number of likely N-dealkylation sites (N-methyl/N-ethyl adjacent to an activating group) is 1. The second kappa shape index (κ2) is 6.21. The third kappa shape index (κ3) is 3.18. The van der Waals surface area contributed by atoms with Crippen LogP contribution < -0.4 is 4.90 Å². The fourth-order valence-electron chi connectivity index (χ4n) is 3.13. The van der Waals surface area contributed by atoms with E-state index in [0.717, 1.165) is 15.7 Å². The van der Waals surface area contributed by atoms with E-state index in [2.05, 4.69) is 78.8 Å². The van der Waals surface area contributed by atoms with Crippen molar-refractivity contribution in [3.05, 3.63) is 63.6 Å². The van der Waals surface area contributed by atoms with Gasteiger partial charge in [-0.15, -0.1) is 0 Å². The summed E-state index contributed by atoms with van der Waals surface area (Å²) < 4.78 is 1.07. The molecule has 1 aliphatic rings. The molecule has 0 fully saturated rings. The van der Waals surface area contributed by atoms with E-state index >= 15 is 0 Å². The van der Waals surface area contributed by atoms with Crippen LogP contribution in [0, 0.1) is 6.92 Å². The maximum absolute atomic E-state index is 4.62. The first-order valence-corrected chi connectivity index (χ1v) is 8.95. The van der Waals surface area contributed by atoms with Gasteiger partial charge < -0.3 is 4.90 Å². The van der Waals surface area contributed by atoms with Crippen LogP contribution in [0.2, 0.25) is 0 Å². The Bertz CT molecular complexity index is 830. The Hall–Kier alpha value is -1.87. The van der Waals surface area contributed by atoms with Crippen LogP contribution in [-0.2, 0) is 0 Å². The number of rotatable bonds is 2. The minimum Gasteiger partial charge on any atom is -0.365 e. The lowest BCUT2D eigenvalue weighted by Gasteiger charge is -2.41. The van der Waals surface area contributed by atoms with E-state index in [1.165, 1.54) is 22.4 Å². The van der Waals surface area contributed by atoms with E-state index in [9.17, 15) is 0 Å². The molecule has 0 spiro atoms. The van der Waals surface area contributed by atoms with Crippen molar-refractivity contribution in [3.8, 4) is 0 Å². The number of benzene rings is 2. The zero-order chi connectivity index (χ0) is 17.5. The molecule has 2 aromatic carbocycles. The number of hydrogen-bond acceptors (Lipinski definition) is 2. The lowest BCUT2D eigenvalue weighted by molar-refractivity contribution is 0.597. The Morgan fingerprint density at radius 2 is 1.75 bits per heavy atom. The highest BCUT2D eigenvalue weighted by Gasteiger charge is 2.28. The first kappa shape index (κ1) is 17.0. The van der Waals surface area contributed by atoms with Crippen molar-refractivity contribution in [3.63, 3.8) is 0 Å². The Morgan fingerprint density at radius 1 is 1.08 bits per heavy atom. The van der Waals surface area contributed by atoms with E-state index in [1.54, 1.807) is 0 Å². The summed E-state index contributed by atoms with van der Waals surface area (Å²) in [5, 5.41) is 0. The second-order valence-electron chi connectivity index (χ2n) is 7.00. The molecule has 124 valence electrons. The number of aliphatic imine (C=N–C) groups is 1. The number of aryl methyl sites for hydroxylation is 1. The maximum atomic E-state index is 4.62. The van der Waals surface area contributed by atoms with Gasteiger partial charge in [-0.3, -0.25) is 4.99 Å². The minimum atomic E-state index is 0.0382. The van der Waals surface area contributed by atoms with Gasteiger partial charge in [0.15, 0.2) is 0 Å². The van der Waals surface area contributed by atoms with Crippen LogP contribution in [0.25, 0.3) is 5.57 Å². The van der Waals surface area contributed by atoms with Gasteiger partial charge in [0.05, 0.1) is 11.2 Å². The van der Waals surface area contributed by atoms with Gasteiger partial charge in [-0.1, -0.05) is 22.0 Å². The van der Waals surface area contributed by atoms with Crippen LogP contribution in [0.4, 0.5) is 11.4 Å². The first-order valence-electron chi connectivity index (χ1n) is 8.16. The second-order valence-corrected chi connectivity index (χ2v) is 7.92. The Balaban J connectivity index is 2.00. The van der Waals surface area contributed by atoms with Crippen LogP contribution >= 0.6 is 15.9 Å². The smallest absolute Gasteiger partial charge is 0.0630 e. The first-order chi connectivity index (χ1) is 11.3. The van der Waals surface area contributed by atoms with Crippen molar-refractivity contribution in [1.29, 1.82) is 0 Å². The molecule has 0 aromatic heterocycles. The van der Waals surface area contributed by atoms with Gasteiger partial charge in [-0.25, -0.2) is 0 Å². The Labute approximate surface area is 153 Å². The van der Waals surface area contributed by atoms with Crippen molar-refractivity contribution in [1.82, 2.24) is 0 Å². The molecule has 1 heterocycles. The molecular formula is C21H23BrN2. The molecule has 0 amide bonds. The SMILES string of the molecule is CC1=CC(C)(C)N(C)c2cc(C)c(C=Nc3ccc(Br)cc3)cc21. The zero-order valence-electron chi connectivity index (χ0n) is 14.9. The molecule has 0 radical (unpaired) electrons. The van der Waals surface area contributed by atoms with Crippen LogP contribution in [0.3, 0.4) is 0 Å². The summed E-state index contributed by atoms with van der Waals surface area (Å²) in [6.07, 6.45) is 4.30. The normalized spacial score (nSPS) is 16.2. The highest BCUT2D eigenvalue weighted by atomic mass is 79.9. The number of halogens is 1. The van der Waals surface area contributed by atoms with E-state index in [4.69, 9.17) is 0 Å². The summed E-state index contributed by atoms with van der Waals surface area (Å²) in [6.45, 7) is 8.84. The summed E-state index contributed by atoms with van der Waals surface area (Å²) in [5.41, 5.74) is 7.31. The van der Waals surface area contributed by atoms with Crippen molar-refractivity contribution in [2.75, 3.05) is 11.9 Å². The molecule has 1 aliphatic heterocycles. The number of allylic oxidation sites excluding steroid dienone is 1. The largest absolute Gasteiger partial charge is 0.365 e. The molecule has 24 heavy (non-hydrogen) atoms. The summed E-state index contributed by atoms with van der Waals surface area (Å²) in [4.78, 5) is 6.97. The fraction of sp³-hybridized carbons (Fsp3) is 0.286. The summed E-state index contributed by atoms with van der Waals surface area (Å²) in [6, 6.07) is 12.6. The average Bonchev–Trinajstić information content (AvgIpc) is 2.52. The Morgan fingerprint density at radius 3 is 2.42 bits per heavy atom. The van der Waals surface area contributed by atoms with E-state index in [0.29, 0.717) is 0 Å². The molecule has 3 heteroatoms. The molecule has 0 saturated heterocycles. The van der Waals surface area contributed by atoms with Crippen molar-refractivity contribution < 1.29 is 0 Å². The lowest BCUT2D eigenvalue weighted by atomic mass is 9.87. The molecule has 2 aromatic rings. The van der Waals surface area contributed by atoms with Gasteiger partial charge in [0.1, 0.15) is 0 Å². The summed E-state index contributed by atoms with van der Waals surface area (Å²) >= 11 is 3.45. The molecule has 0 bridgehead atoms. The third-order valence-corrected chi connectivity index (χ3v) is 5.31. The van der Waals surface area contributed by atoms with Gasteiger partial charge in [-0.2, -0.15) is 0 Å². The highest BCUT2D eigenvalue weighted by Crippen LogP contribution is 2.39. The van der Waals surface area contributed by atoms with Gasteiger partial charge >= 0.3 is 0 Å². The molecule has 0 atom stereocenters. The third-order valence-electron chi connectivity index (χ3n) is 4.78. The number of anilines is 1. The van der Waals surface area contributed by atoms with E-state index in [-0.39, 0.29) is 5.54 Å². The van der Waals surface area contributed by atoms with Crippen LogP contribution in [0.5, 0.6) is 0 Å². The molecule has 0 saturated carbocycles. The number of nitrogens with zero attached hydrogens (tertiary/aromatic N) is 2. The maximum Gasteiger partial charge on any atom is 0.0630 e. The fourth-order valence-corrected chi connectivity index (χ4v) is 3.39. The molecular weight excluding hydrogens is 360 g/mol. The predicted molar refractivity (Wildman–Crippen MR) is 109 cm³/mol. The van der Waals surface area contributed by atoms with E-state index in [1.807, 2.05) is 30.5 Å². The van der Waals surface area contributed by atoms with Gasteiger partial charge in [0.2, 0.25) is 0 Å². The average molecular weight is 383 g/mol. The van der Waals surface area contributed by atoms with Crippen molar-refractivity contribution in [2.45, 2.75) is 33.2 Å². The quantitative estimate of drug-likeness (QED) is 0.569. The number of fused-ring (bicyclic) bond motifs is 1. The topological polar surface area (TPSA) is 15.6 Å². The molecule has 2 nitrogen and oxygen atoms in total. The Kier molecular flexibility index (Phi) is 4.39. The molecule has 0 N–H and O–H groups in total. The summed E-state index contributed by atoms with van der Waals surface area (Å²) in [7, 11) is 2.16. The van der Waals surface area contributed by atoms with E-state index < -0.39 is 0 Å². The molecule has 0 aliphatic carbocycles. The van der Waals surface area contributed by atoms with Gasteiger partial charge in [-0.05, 0) is 80.8 Å². The predicted octanol–water partition coefficient (Wildman–Crippen LogP) is 6.14. The molecule has 0 unspecified atom stereocenters. The number of hydrogen-bond donors (Lipinski definition) is 0. The zero-order valence-corrected chi connectivity index (χ0v) is 16.5. The standard InChI is InChI=1S/C21H23BrN2/c1-14-10-20-19(15(2)12-21(3,4)24(20)5)11-16(14)13-23-18-8-6-17(22)7-9-18/h6-13H,1-5H3. The molecule has 3 rings (SSSR count). The van der Waals surface area contributed by atoms with Gasteiger partial charge in [0, 0.05) is 29.0 Å². The minimum absolute atomic E-state index is 0.0382. The van der Waals surface area contributed by atoms with Gasteiger partial charge in [0.25, 0.3) is 0 Å². The van der Waals surface area contributed by atoms with Crippen LogP contribution in [0.15, 0.2) is 51.9 Å². The summed E-state index contributed by atoms with van der Waals surface area (Å²) in [5.74, 6) is 0. The lowest BCUT2D eigenvalue weighted by Crippen LogP contribution is -2.42. The van der Waals surface area contributed by atoms with Crippen molar-refractivity contribution >= 4 is 39.1 Å². The monoisotopic (exact) mass is 382 g/mol. The van der Waals surface area contributed by atoms with Crippen LogP contribution in [0.1, 0.15) is 37.5 Å². The highest BCUT2D eigenvalue weighted by molar-refractivity contribution is 9.10.